The van der Waals surface area contributed by atoms with Gasteiger partial charge in [0.05, 0.1) is 11.5 Å². The SMILES string of the molecule is CCCCOC(=O)/C=C1\SC(=O)N(CC(N)=O)C1=O. The molecule has 104 valence electrons. The van der Waals surface area contributed by atoms with Crippen LogP contribution in [-0.4, -0.2) is 41.1 Å². The van der Waals surface area contributed by atoms with Crippen LogP contribution in [0.4, 0.5) is 4.79 Å². The van der Waals surface area contributed by atoms with Gasteiger partial charge in [-0.05, 0) is 18.2 Å². The molecule has 7 nitrogen and oxygen atoms in total. The zero-order chi connectivity index (χ0) is 14.4. The molecule has 1 fully saturated rings. The van der Waals surface area contributed by atoms with Crippen LogP contribution in [0.15, 0.2) is 11.0 Å². The summed E-state index contributed by atoms with van der Waals surface area (Å²) in [5, 5.41) is -0.628. The van der Waals surface area contributed by atoms with Crippen LogP contribution in [0.1, 0.15) is 19.8 Å². The summed E-state index contributed by atoms with van der Waals surface area (Å²) >= 11 is 0.581. The number of carbonyl (C=O) groups excluding carboxylic acids is 4. The van der Waals surface area contributed by atoms with Crippen molar-refractivity contribution >= 4 is 34.8 Å². The number of amides is 3. The van der Waals surface area contributed by atoms with Crippen molar-refractivity contribution in [3.63, 3.8) is 0 Å². The molecule has 0 saturated carbocycles. The molecule has 0 spiro atoms. The van der Waals surface area contributed by atoms with E-state index in [1.165, 1.54) is 0 Å². The second-order valence-corrected chi connectivity index (χ2v) is 4.75. The predicted molar refractivity (Wildman–Crippen MR) is 67.8 cm³/mol. The summed E-state index contributed by atoms with van der Waals surface area (Å²) in [7, 11) is 0. The van der Waals surface area contributed by atoms with Crippen molar-refractivity contribution in [3.8, 4) is 0 Å². The van der Waals surface area contributed by atoms with Crippen LogP contribution < -0.4 is 5.73 Å². The smallest absolute Gasteiger partial charge is 0.332 e. The summed E-state index contributed by atoms with van der Waals surface area (Å²) in [6, 6.07) is 0. The Hall–Kier alpha value is -1.83. The Bertz CT molecular complexity index is 446. The van der Waals surface area contributed by atoms with Crippen molar-refractivity contribution < 1.29 is 23.9 Å². The lowest BCUT2D eigenvalue weighted by molar-refractivity contribution is -0.138. The molecule has 0 aliphatic carbocycles. The van der Waals surface area contributed by atoms with E-state index in [1.54, 1.807) is 0 Å². The van der Waals surface area contributed by atoms with Gasteiger partial charge in [-0.25, -0.2) is 4.79 Å². The number of esters is 1. The standard InChI is InChI=1S/C11H14N2O5S/c1-2-3-4-18-9(15)5-7-10(16)13(6-8(12)14)11(17)19-7/h5H,2-4,6H2,1H3,(H2,12,14)/b7-5-. The van der Waals surface area contributed by atoms with Crippen molar-refractivity contribution in [2.45, 2.75) is 19.8 Å². The lowest BCUT2D eigenvalue weighted by atomic mass is 10.3. The third-order valence-corrected chi connectivity index (χ3v) is 3.09. The van der Waals surface area contributed by atoms with Gasteiger partial charge in [0.25, 0.3) is 11.1 Å². The Morgan fingerprint density at radius 3 is 2.68 bits per heavy atom. The van der Waals surface area contributed by atoms with Gasteiger partial charge in [-0.2, -0.15) is 0 Å². The third-order valence-electron chi connectivity index (χ3n) is 2.18. The molecule has 0 aromatic rings. The summed E-state index contributed by atoms with van der Waals surface area (Å²) < 4.78 is 4.84. The van der Waals surface area contributed by atoms with Crippen molar-refractivity contribution in [2.24, 2.45) is 5.73 Å². The van der Waals surface area contributed by atoms with Crippen LogP contribution in [-0.2, 0) is 19.1 Å². The summed E-state index contributed by atoms with van der Waals surface area (Å²) in [4.78, 5) is 45.9. The number of carbonyl (C=O) groups is 4. The van der Waals surface area contributed by atoms with Crippen LogP contribution in [0, 0.1) is 0 Å². The maximum Gasteiger partial charge on any atom is 0.332 e. The molecule has 3 amide bonds. The van der Waals surface area contributed by atoms with Gasteiger partial charge in [0.2, 0.25) is 5.91 Å². The summed E-state index contributed by atoms with van der Waals surface area (Å²) in [6.45, 7) is 1.72. The number of nitrogens with two attached hydrogens (primary N) is 1. The van der Waals surface area contributed by atoms with E-state index in [9.17, 15) is 19.2 Å². The van der Waals surface area contributed by atoms with Crippen molar-refractivity contribution in [1.29, 1.82) is 0 Å². The minimum atomic E-state index is -0.797. The van der Waals surface area contributed by atoms with E-state index in [4.69, 9.17) is 10.5 Å². The molecule has 0 bridgehead atoms. The number of nitrogens with zero attached hydrogens (tertiary/aromatic N) is 1. The molecule has 2 N–H and O–H groups in total. The minimum absolute atomic E-state index is 0.0623. The first-order valence-corrected chi connectivity index (χ1v) is 6.47. The molecule has 0 aromatic heterocycles. The van der Waals surface area contributed by atoms with Crippen molar-refractivity contribution in [1.82, 2.24) is 4.90 Å². The average molecular weight is 286 g/mol. The monoisotopic (exact) mass is 286 g/mol. The highest BCUT2D eigenvalue weighted by Gasteiger charge is 2.36. The number of primary amides is 1. The van der Waals surface area contributed by atoms with Crippen molar-refractivity contribution in [3.05, 3.63) is 11.0 Å². The second kappa shape index (κ2) is 6.93. The van der Waals surface area contributed by atoms with E-state index in [0.29, 0.717) is 16.7 Å². The first-order valence-electron chi connectivity index (χ1n) is 5.66. The quantitative estimate of drug-likeness (QED) is 0.430. The molecule has 19 heavy (non-hydrogen) atoms. The molecule has 0 aromatic carbocycles. The highest BCUT2D eigenvalue weighted by Crippen LogP contribution is 2.30. The van der Waals surface area contributed by atoms with Gasteiger partial charge in [0.15, 0.2) is 0 Å². The zero-order valence-electron chi connectivity index (χ0n) is 10.4. The highest BCUT2D eigenvalue weighted by atomic mass is 32.2. The van der Waals surface area contributed by atoms with E-state index in [0.717, 1.165) is 18.9 Å². The van der Waals surface area contributed by atoms with E-state index < -0.39 is 29.6 Å². The fourth-order valence-electron chi connectivity index (χ4n) is 1.26. The summed E-state index contributed by atoms with van der Waals surface area (Å²) in [5.74, 6) is -2.19. The van der Waals surface area contributed by atoms with Gasteiger partial charge in [-0.3, -0.25) is 19.3 Å². The number of thioether (sulfide) groups is 1. The number of ether oxygens (including phenoxy) is 1. The number of unbranched alkanes of at least 4 members (excludes halogenated alkanes) is 1. The molecule has 0 radical (unpaired) electrons. The first-order chi connectivity index (χ1) is 8.95. The Kier molecular flexibility index (Phi) is 5.56. The van der Waals surface area contributed by atoms with Crippen molar-refractivity contribution in [2.75, 3.05) is 13.2 Å². The van der Waals surface area contributed by atoms with Gasteiger partial charge in [0, 0.05) is 6.08 Å². The zero-order valence-corrected chi connectivity index (χ0v) is 11.2. The molecule has 1 saturated heterocycles. The maximum absolute atomic E-state index is 11.7. The number of rotatable bonds is 6. The summed E-state index contributed by atoms with van der Waals surface area (Å²) in [5.41, 5.74) is 4.92. The molecule has 8 heteroatoms. The topological polar surface area (TPSA) is 107 Å². The molecule has 0 unspecified atom stereocenters. The van der Waals surface area contributed by atoms with E-state index in [2.05, 4.69) is 0 Å². The predicted octanol–water partition coefficient (Wildman–Crippen LogP) is 0.394. The normalized spacial score (nSPS) is 17.1. The van der Waals surface area contributed by atoms with Gasteiger partial charge < -0.3 is 10.5 Å². The Morgan fingerprint density at radius 1 is 1.42 bits per heavy atom. The minimum Gasteiger partial charge on any atom is -0.462 e. The molecule has 1 rings (SSSR count). The maximum atomic E-state index is 11.7. The molecule has 1 aliphatic heterocycles. The Labute approximate surface area is 114 Å². The lowest BCUT2D eigenvalue weighted by Crippen LogP contribution is -2.36. The molecule has 1 aliphatic rings. The average Bonchev–Trinajstić information content (AvgIpc) is 2.57. The molecule has 1 heterocycles. The lowest BCUT2D eigenvalue weighted by Gasteiger charge is -2.08. The van der Waals surface area contributed by atoms with Gasteiger partial charge in [0.1, 0.15) is 6.54 Å². The molecular weight excluding hydrogens is 272 g/mol. The molecular formula is C11H14N2O5S. The Morgan fingerprint density at radius 2 is 2.11 bits per heavy atom. The molecule has 0 atom stereocenters. The van der Waals surface area contributed by atoms with Crippen LogP contribution in [0.3, 0.4) is 0 Å². The number of hydrogen-bond acceptors (Lipinski definition) is 6. The largest absolute Gasteiger partial charge is 0.462 e. The number of imide groups is 1. The van der Waals surface area contributed by atoms with E-state index >= 15 is 0 Å². The van der Waals surface area contributed by atoms with Gasteiger partial charge in [-0.15, -0.1) is 0 Å². The Balaban J connectivity index is 2.65. The van der Waals surface area contributed by atoms with Gasteiger partial charge in [-0.1, -0.05) is 13.3 Å². The van der Waals surface area contributed by atoms with Crippen LogP contribution in [0.2, 0.25) is 0 Å². The van der Waals surface area contributed by atoms with Crippen LogP contribution >= 0.6 is 11.8 Å². The highest BCUT2D eigenvalue weighted by molar-refractivity contribution is 8.18. The summed E-state index contributed by atoms with van der Waals surface area (Å²) in [6.07, 6.45) is 2.56. The number of hydrogen-bond donors (Lipinski definition) is 1. The second-order valence-electron chi connectivity index (χ2n) is 3.76. The van der Waals surface area contributed by atoms with Gasteiger partial charge >= 0.3 is 5.97 Å². The first kappa shape index (κ1) is 15.2. The fourth-order valence-corrected chi connectivity index (χ4v) is 2.06. The van der Waals surface area contributed by atoms with E-state index in [1.807, 2.05) is 6.92 Å². The fraction of sp³-hybridized carbons (Fsp3) is 0.455. The van der Waals surface area contributed by atoms with Crippen LogP contribution in [0.5, 0.6) is 0 Å². The van der Waals surface area contributed by atoms with E-state index in [-0.39, 0.29) is 11.5 Å². The third kappa shape index (κ3) is 4.40. The van der Waals surface area contributed by atoms with Crippen LogP contribution in [0.25, 0.3) is 0 Å².